The third kappa shape index (κ3) is 3.18. The Morgan fingerprint density at radius 3 is 2.80 bits per heavy atom. The molecule has 0 spiro atoms. The fraction of sp³-hybridized carbons (Fsp3) is 0.278. The molecule has 1 aliphatic rings. The highest BCUT2D eigenvalue weighted by molar-refractivity contribution is 5.38. The SMILES string of the molecule is O=c1cc(N2CCCn3nc(C(O)c4ccccc4)cc3C2)nc[nH]1. The summed E-state index contributed by atoms with van der Waals surface area (Å²) in [5.74, 6) is 0.656. The minimum atomic E-state index is -0.744. The molecule has 7 nitrogen and oxygen atoms in total. The van der Waals surface area contributed by atoms with Crippen molar-refractivity contribution in [1.82, 2.24) is 19.7 Å². The maximum atomic E-state index is 11.5. The molecule has 1 aliphatic heterocycles. The molecule has 1 atom stereocenters. The number of aromatic nitrogens is 4. The second-order valence-electron chi connectivity index (χ2n) is 6.14. The average Bonchev–Trinajstić information content (AvgIpc) is 2.93. The number of fused-ring (bicyclic) bond motifs is 1. The van der Waals surface area contributed by atoms with Gasteiger partial charge in [-0.1, -0.05) is 30.3 Å². The Morgan fingerprint density at radius 1 is 1.16 bits per heavy atom. The van der Waals surface area contributed by atoms with Crippen LogP contribution >= 0.6 is 0 Å². The molecule has 1 unspecified atom stereocenters. The molecule has 0 saturated heterocycles. The molecule has 0 fully saturated rings. The van der Waals surface area contributed by atoms with E-state index < -0.39 is 6.10 Å². The Hall–Kier alpha value is -2.93. The standard InChI is InChI=1S/C18H19N5O2/c24-17-10-16(19-12-20-17)22-7-4-8-23-14(11-22)9-15(21-23)18(25)13-5-2-1-3-6-13/h1-3,5-6,9-10,12,18,25H,4,7-8,11H2,(H,19,20,24). The molecule has 4 rings (SSSR count). The first kappa shape index (κ1) is 15.6. The lowest BCUT2D eigenvalue weighted by Gasteiger charge is -2.20. The molecule has 7 heteroatoms. The molecule has 128 valence electrons. The van der Waals surface area contributed by atoms with Crippen molar-refractivity contribution >= 4 is 5.82 Å². The summed E-state index contributed by atoms with van der Waals surface area (Å²) in [7, 11) is 0. The first-order valence-electron chi connectivity index (χ1n) is 8.30. The third-order valence-electron chi connectivity index (χ3n) is 4.42. The van der Waals surface area contributed by atoms with Crippen LogP contribution in [0.25, 0.3) is 0 Å². The summed E-state index contributed by atoms with van der Waals surface area (Å²) < 4.78 is 1.94. The van der Waals surface area contributed by atoms with Crippen LogP contribution in [-0.2, 0) is 13.1 Å². The lowest BCUT2D eigenvalue weighted by atomic mass is 10.1. The van der Waals surface area contributed by atoms with Crippen molar-refractivity contribution in [3.05, 3.63) is 76.1 Å². The van der Waals surface area contributed by atoms with Crippen molar-refractivity contribution in [2.75, 3.05) is 11.4 Å². The van der Waals surface area contributed by atoms with E-state index in [1.165, 1.54) is 12.4 Å². The molecular weight excluding hydrogens is 318 g/mol. The highest BCUT2D eigenvalue weighted by atomic mass is 16.3. The van der Waals surface area contributed by atoms with Crippen molar-refractivity contribution in [3.8, 4) is 0 Å². The normalized spacial score (nSPS) is 15.5. The van der Waals surface area contributed by atoms with Gasteiger partial charge in [0.25, 0.3) is 5.56 Å². The minimum Gasteiger partial charge on any atom is -0.382 e. The van der Waals surface area contributed by atoms with Gasteiger partial charge in [0.1, 0.15) is 11.9 Å². The molecule has 2 aromatic heterocycles. The number of aryl methyl sites for hydroxylation is 1. The topological polar surface area (TPSA) is 87.0 Å². The van der Waals surface area contributed by atoms with E-state index in [0.717, 1.165) is 30.8 Å². The zero-order chi connectivity index (χ0) is 17.2. The van der Waals surface area contributed by atoms with Crippen LogP contribution < -0.4 is 10.5 Å². The Labute approximate surface area is 144 Å². The van der Waals surface area contributed by atoms with Gasteiger partial charge < -0.3 is 15.0 Å². The number of benzene rings is 1. The van der Waals surface area contributed by atoms with Gasteiger partial charge in [-0.3, -0.25) is 9.48 Å². The van der Waals surface area contributed by atoms with Gasteiger partial charge in [0.15, 0.2) is 0 Å². The van der Waals surface area contributed by atoms with Crippen molar-refractivity contribution < 1.29 is 5.11 Å². The maximum Gasteiger partial charge on any atom is 0.252 e. The lowest BCUT2D eigenvalue weighted by molar-refractivity contribution is 0.214. The molecule has 3 aromatic rings. The summed E-state index contributed by atoms with van der Waals surface area (Å²) >= 11 is 0. The van der Waals surface area contributed by atoms with Crippen molar-refractivity contribution in [2.45, 2.75) is 25.6 Å². The van der Waals surface area contributed by atoms with E-state index in [-0.39, 0.29) is 5.56 Å². The fourth-order valence-corrected chi connectivity index (χ4v) is 3.15. The Bertz CT molecular complexity index is 918. The van der Waals surface area contributed by atoms with Gasteiger partial charge >= 0.3 is 0 Å². The van der Waals surface area contributed by atoms with Crippen LogP contribution in [0.4, 0.5) is 5.82 Å². The number of anilines is 1. The molecule has 25 heavy (non-hydrogen) atoms. The summed E-state index contributed by atoms with van der Waals surface area (Å²) in [6.45, 7) is 2.18. The van der Waals surface area contributed by atoms with Gasteiger partial charge in [-0.15, -0.1) is 0 Å². The molecule has 2 N–H and O–H groups in total. The van der Waals surface area contributed by atoms with Gasteiger partial charge in [0, 0.05) is 19.2 Å². The van der Waals surface area contributed by atoms with Gasteiger partial charge in [-0.25, -0.2) is 4.98 Å². The molecule has 0 bridgehead atoms. The quantitative estimate of drug-likeness (QED) is 0.755. The van der Waals surface area contributed by atoms with Crippen molar-refractivity contribution in [2.24, 2.45) is 0 Å². The second kappa shape index (κ2) is 6.52. The van der Waals surface area contributed by atoms with Gasteiger partial charge in [-0.05, 0) is 18.1 Å². The first-order chi connectivity index (χ1) is 12.2. The summed E-state index contributed by atoms with van der Waals surface area (Å²) in [6, 6.07) is 12.9. The fourth-order valence-electron chi connectivity index (χ4n) is 3.15. The molecule has 0 aliphatic carbocycles. The van der Waals surface area contributed by atoms with E-state index in [9.17, 15) is 9.90 Å². The summed E-state index contributed by atoms with van der Waals surface area (Å²) in [6.07, 6.45) is 1.57. The molecule has 1 aromatic carbocycles. The summed E-state index contributed by atoms with van der Waals surface area (Å²) in [5.41, 5.74) is 2.30. The van der Waals surface area contributed by atoms with Crippen LogP contribution in [0.1, 0.15) is 29.5 Å². The van der Waals surface area contributed by atoms with Crippen LogP contribution in [0.5, 0.6) is 0 Å². The smallest absolute Gasteiger partial charge is 0.252 e. The zero-order valence-corrected chi connectivity index (χ0v) is 13.7. The number of rotatable bonds is 3. The monoisotopic (exact) mass is 337 g/mol. The predicted molar refractivity (Wildman–Crippen MR) is 93.3 cm³/mol. The zero-order valence-electron chi connectivity index (χ0n) is 13.7. The lowest BCUT2D eigenvalue weighted by Crippen LogP contribution is -2.25. The summed E-state index contributed by atoms with van der Waals surface area (Å²) in [4.78, 5) is 20.4. The second-order valence-corrected chi connectivity index (χ2v) is 6.14. The van der Waals surface area contributed by atoms with Gasteiger partial charge in [0.05, 0.1) is 24.3 Å². The number of hydrogen-bond acceptors (Lipinski definition) is 5. The number of aliphatic hydroxyl groups excluding tert-OH is 1. The number of nitrogens with one attached hydrogen (secondary N) is 1. The number of H-pyrrole nitrogens is 1. The van der Waals surface area contributed by atoms with Crippen LogP contribution in [-0.4, -0.2) is 31.4 Å². The molecule has 0 radical (unpaired) electrons. The van der Waals surface area contributed by atoms with E-state index in [0.29, 0.717) is 18.1 Å². The summed E-state index contributed by atoms with van der Waals surface area (Å²) in [5, 5.41) is 15.2. The number of aromatic amines is 1. The number of hydrogen-bond donors (Lipinski definition) is 2. The Morgan fingerprint density at radius 2 is 2.00 bits per heavy atom. The van der Waals surface area contributed by atoms with Crippen LogP contribution in [0.15, 0.2) is 53.6 Å². The highest BCUT2D eigenvalue weighted by Crippen LogP contribution is 2.24. The van der Waals surface area contributed by atoms with E-state index in [2.05, 4.69) is 20.0 Å². The highest BCUT2D eigenvalue weighted by Gasteiger charge is 2.21. The molecule has 0 saturated carbocycles. The van der Waals surface area contributed by atoms with Crippen LogP contribution in [0.3, 0.4) is 0 Å². The van der Waals surface area contributed by atoms with E-state index in [4.69, 9.17) is 0 Å². The van der Waals surface area contributed by atoms with Crippen molar-refractivity contribution in [1.29, 1.82) is 0 Å². The molecular formula is C18H19N5O2. The number of aliphatic hydroxyl groups is 1. The number of nitrogens with zero attached hydrogens (tertiary/aromatic N) is 4. The maximum absolute atomic E-state index is 11.5. The van der Waals surface area contributed by atoms with Crippen LogP contribution in [0, 0.1) is 0 Å². The molecule has 0 amide bonds. The van der Waals surface area contributed by atoms with Crippen LogP contribution in [0.2, 0.25) is 0 Å². The van der Waals surface area contributed by atoms with Gasteiger partial charge in [0.2, 0.25) is 0 Å². The van der Waals surface area contributed by atoms with E-state index in [1.54, 1.807) is 0 Å². The van der Waals surface area contributed by atoms with Crippen molar-refractivity contribution in [3.63, 3.8) is 0 Å². The molecule has 3 heterocycles. The Kier molecular flexibility index (Phi) is 4.07. The van der Waals surface area contributed by atoms with E-state index in [1.807, 2.05) is 41.1 Å². The first-order valence-corrected chi connectivity index (χ1v) is 8.30. The van der Waals surface area contributed by atoms with E-state index >= 15 is 0 Å². The predicted octanol–water partition coefficient (Wildman–Crippen LogP) is 1.46. The average molecular weight is 337 g/mol. The third-order valence-corrected chi connectivity index (χ3v) is 4.42. The Balaban J connectivity index is 1.62. The van der Waals surface area contributed by atoms with Gasteiger partial charge in [-0.2, -0.15) is 5.10 Å². The minimum absolute atomic E-state index is 0.164. The largest absolute Gasteiger partial charge is 0.382 e.